The van der Waals surface area contributed by atoms with E-state index in [2.05, 4.69) is 24.0 Å². The van der Waals surface area contributed by atoms with Crippen LogP contribution < -0.4 is 9.47 Å². The van der Waals surface area contributed by atoms with Crippen LogP contribution in [0.4, 0.5) is 0 Å². The normalized spacial score (nSPS) is 13.9. The van der Waals surface area contributed by atoms with E-state index in [9.17, 15) is 4.79 Å². The fourth-order valence-electron chi connectivity index (χ4n) is 3.36. The van der Waals surface area contributed by atoms with E-state index >= 15 is 0 Å². The van der Waals surface area contributed by atoms with Crippen LogP contribution in [0, 0.1) is 0 Å². The van der Waals surface area contributed by atoms with Crippen molar-refractivity contribution in [2.45, 2.75) is 25.7 Å². The van der Waals surface area contributed by atoms with Gasteiger partial charge in [-0.2, -0.15) is 4.98 Å². The van der Waals surface area contributed by atoms with Gasteiger partial charge in [-0.3, -0.25) is 4.79 Å². The quantitative estimate of drug-likeness (QED) is 0.592. The fraction of sp³-hybridized carbons (Fsp3) is 0.348. The van der Waals surface area contributed by atoms with Crippen molar-refractivity contribution in [3.8, 4) is 22.9 Å². The van der Waals surface area contributed by atoms with Gasteiger partial charge in [-0.1, -0.05) is 43.3 Å². The van der Waals surface area contributed by atoms with Crippen molar-refractivity contribution in [3.63, 3.8) is 0 Å². The Morgan fingerprint density at radius 1 is 1.17 bits per heavy atom. The molecular weight excluding hydrogens is 382 g/mol. The van der Waals surface area contributed by atoms with Crippen LogP contribution in [0.15, 0.2) is 53.1 Å². The summed E-state index contributed by atoms with van der Waals surface area (Å²) in [6.07, 6.45) is 0. The SMILES string of the molecule is COc1ccccc1-c1noc(C2CN(C(=O)COc3ccc(C(C)C)cc3)C2)n1. The number of ether oxygens (including phenoxy) is 2. The molecule has 1 amide bonds. The minimum absolute atomic E-state index is 0.0179. The molecule has 4 rings (SSSR count). The number of nitrogens with zero attached hydrogens (tertiary/aromatic N) is 3. The molecule has 1 saturated heterocycles. The number of carbonyl (C=O) groups excluding carboxylic acids is 1. The highest BCUT2D eigenvalue weighted by Crippen LogP contribution is 2.31. The number of carbonyl (C=O) groups is 1. The molecule has 1 aliphatic rings. The van der Waals surface area contributed by atoms with Crippen LogP contribution in [-0.4, -0.2) is 47.8 Å². The Labute approximate surface area is 175 Å². The van der Waals surface area contributed by atoms with E-state index in [-0.39, 0.29) is 18.4 Å². The second-order valence-corrected chi connectivity index (χ2v) is 7.66. The number of para-hydroxylation sites is 1. The predicted molar refractivity (Wildman–Crippen MR) is 112 cm³/mol. The molecule has 0 unspecified atom stereocenters. The number of benzene rings is 2. The molecule has 0 aliphatic carbocycles. The lowest BCUT2D eigenvalue weighted by molar-refractivity contribution is -0.138. The minimum atomic E-state index is -0.0522. The fourth-order valence-corrected chi connectivity index (χ4v) is 3.36. The van der Waals surface area contributed by atoms with Gasteiger partial charge < -0.3 is 18.9 Å². The lowest BCUT2D eigenvalue weighted by Crippen LogP contribution is -2.50. The summed E-state index contributed by atoms with van der Waals surface area (Å²) in [5, 5.41) is 4.07. The van der Waals surface area contributed by atoms with Gasteiger partial charge in [-0.05, 0) is 35.7 Å². The zero-order valence-corrected chi connectivity index (χ0v) is 17.4. The monoisotopic (exact) mass is 407 g/mol. The Bertz CT molecular complexity index is 1010. The summed E-state index contributed by atoms with van der Waals surface area (Å²) in [6.45, 7) is 5.39. The molecule has 2 aromatic carbocycles. The van der Waals surface area contributed by atoms with Gasteiger partial charge >= 0.3 is 0 Å². The molecule has 0 atom stereocenters. The van der Waals surface area contributed by atoms with Crippen LogP contribution in [0.3, 0.4) is 0 Å². The number of methoxy groups -OCH3 is 1. The van der Waals surface area contributed by atoms with Gasteiger partial charge in [-0.15, -0.1) is 0 Å². The third-order valence-corrected chi connectivity index (χ3v) is 5.28. The molecule has 0 saturated carbocycles. The van der Waals surface area contributed by atoms with Crippen molar-refractivity contribution in [2.75, 3.05) is 26.8 Å². The van der Waals surface area contributed by atoms with E-state index in [0.717, 1.165) is 5.56 Å². The Kier molecular flexibility index (Phi) is 5.70. The predicted octanol–water partition coefficient (Wildman–Crippen LogP) is 3.87. The van der Waals surface area contributed by atoms with Gasteiger partial charge in [0.15, 0.2) is 6.61 Å². The van der Waals surface area contributed by atoms with Gasteiger partial charge in [0.05, 0.1) is 18.6 Å². The molecule has 0 bridgehead atoms. The average molecular weight is 407 g/mol. The van der Waals surface area contributed by atoms with Crippen molar-refractivity contribution in [2.24, 2.45) is 0 Å². The van der Waals surface area contributed by atoms with Crippen molar-refractivity contribution in [1.29, 1.82) is 0 Å². The van der Waals surface area contributed by atoms with E-state index in [1.54, 1.807) is 12.0 Å². The molecule has 3 aromatic rings. The first-order valence-corrected chi connectivity index (χ1v) is 10.0. The summed E-state index contributed by atoms with van der Waals surface area (Å²) in [7, 11) is 1.61. The highest BCUT2D eigenvalue weighted by atomic mass is 16.5. The maximum Gasteiger partial charge on any atom is 0.260 e. The summed E-state index contributed by atoms with van der Waals surface area (Å²) in [6, 6.07) is 15.4. The van der Waals surface area contributed by atoms with Crippen LogP contribution in [-0.2, 0) is 4.79 Å². The highest BCUT2D eigenvalue weighted by molar-refractivity contribution is 5.78. The summed E-state index contributed by atoms with van der Waals surface area (Å²) in [5.41, 5.74) is 2.02. The van der Waals surface area contributed by atoms with Crippen LogP contribution in [0.25, 0.3) is 11.4 Å². The number of aromatic nitrogens is 2. The van der Waals surface area contributed by atoms with E-state index in [1.807, 2.05) is 48.5 Å². The van der Waals surface area contributed by atoms with E-state index < -0.39 is 0 Å². The van der Waals surface area contributed by atoms with Crippen LogP contribution >= 0.6 is 0 Å². The van der Waals surface area contributed by atoms with Crippen molar-refractivity contribution < 1.29 is 18.8 Å². The Balaban J connectivity index is 1.29. The summed E-state index contributed by atoms with van der Waals surface area (Å²) in [4.78, 5) is 18.6. The summed E-state index contributed by atoms with van der Waals surface area (Å²) < 4.78 is 16.4. The lowest BCUT2D eigenvalue weighted by atomic mass is 10.00. The standard InChI is InChI=1S/C23H25N3O4/c1-15(2)16-8-10-18(11-9-16)29-14-21(27)26-12-17(13-26)23-24-22(25-30-23)19-6-4-5-7-20(19)28-3/h4-11,15,17H,12-14H2,1-3H3. The van der Waals surface area contributed by atoms with E-state index in [1.165, 1.54) is 5.56 Å². The minimum Gasteiger partial charge on any atom is -0.496 e. The Morgan fingerprint density at radius 3 is 2.60 bits per heavy atom. The molecule has 0 radical (unpaired) electrons. The molecule has 0 N–H and O–H groups in total. The summed E-state index contributed by atoms with van der Waals surface area (Å²) >= 11 is 0. The van der Waals surface area contributed by atoms with Crippen LogP contribution in [0.5, 0.6) is 11.5 Å². The molecular formula is C23H25N3O4. The molecule has 1 aromatic heterocycles. The third-order valence-electron chi connectivity index (χ3n) is 5.28. The molecule has 7 heteroatoms. The second-order valence-electron chi connectivity index (χ2n) is 7.66. The van der Waals surface area contributed by atoms with Crippen LogP contribution in [0.2, 0.25) is 0 Å². The molecule has 1 fully saturated rings. The number of hydrogen-bond acceptors (Lipinski definition) is 6. The van der Waals surface area contributed by atoms with Gasteiger partial charge in [0.25, 0.3) is 5.91 Å². The van der Waals surface area contributed by atoms with Crippen molar-refractivity contribution in [3.05, 3.63) is 60.0 Å². The van der Waals surface area contributed by atoms with Crippen molar-refractivity contribution >= 4 is 5.91 Å². The third kappa shape index (κ3) is 4.15. The van der Waals surface area contributed by atoms with Gasteiger partial charge in [-0.25, -0.2) is 0 Å². The Morgan fingerprint density at radius 2 is 1.90 bits per heavy atom. The topological polar surface area (TPSA) is 77.7 Å². The first-order valence-electron chi connectivity index (χ1n) is 10.0. The maximum absolute atomic E-state index is 12.4. The highest BCUT2D eigenvalue weighted by Gasteiger charge is 2.36. The zero-order valence-electron chi connectivity index (χ0n) is 17.4. The van der Waals surface area contributed by atoms with E-state index in [4.69, 9.17) is 14.0 Å². The number of amides is 1. The second kappa shape index (κ2) is 8.57. The maximum atomic E-state index is 12.4. The first kappa shape index (κ1) is 19.9. The molecule has 0 spiro atoms. The van der Waals surface area contributed by atoms with E-state index in [0.29, 0.717) is 42.2 Å². The summed E-state index contributed by atoms with van der Waals surface area (Å²) in [5.74, 6) is 2.85. The number of likely N-dealkylation sites (tertiary alicyclic amines) is 1. The average Bonchev–Trinajstić information content (AvgIpc) is 3.21. The molecule has 1 aliphatic heterocycles. The molecule has 2 heterocycles. The van der Waals surface area contributed by atoms with Gasteiger partial charge in [0, 0.05) is 13.1 Å². The molecule has 30 heavy (non-hydrogen) atoms. The first-order chi connectivity index (χ1) is 14.5. The largest absolute Gasteiger partial charge is 0.496 e. The van der Waals surface area contributed by atoms with Gasteiger partial charge in [0.2, 0.25) is 11.7 Å². The zero-order chi connectivity index (χ0) is 21.1. The number of hydrogen-bond donors (Lipinski definition) is 0. The lowest BCUT2D eigenvalue weighted by Gasteiger charge is -2.36. The molecule has 156 valence electrons. The smallest absolute Gasteiger partial charge is 0.260 e. The Hall–Kier alpha value is -3.35. The van der Waals surface area contributed by atoms with Gasteiger partial charge in [0.1, 0.15) is 11.5 Å². The number of rotatable bonds is 7. The van der Waals surface area contributed by atoms with Crippen molar-refractivity contribution in [1.82, 2.24) is 15.0 Å². The molecule has 7 nitrogen and oxygen atoms in total. The van der Waals surface area contributed by atoms with Crippen LogP contribution in [0.1, 0.15) is 37.1 Å².